The van der Waals surface area contributed by atoms with Gasteiger partial charge in [0.05, 0.1) is 0 Å². The van der Waals surface area contributed by atoms with E-state index in [1.54, 1.807) is 0 Å². The van der Waals surface area contributed by atoms with E-state index in [0.717, 1.165) is 6.42 Å². The lowest BCUT2D eigenvalue weighted by Gasteiger charge is -2.01. The van der Waals surface area contributed by atoms with Gasteiger partial charge in [-0.05, 0) is 24.5 Å². The van der Waals surface area contributed by atoms with E-state index in [4.69, 9.17) is 0 Å². The maximum absolute atomic E-state index is 3.73. The third kappa shape index (κ3) is 2.09. The summed E-state index contributed by atoms with van der Waals surface area (Å²) >= 11 is 0. The minimum atomic E-state index is 0.945. The van der Waals surface area contributed by atoms with Crippen LogP contribution in [0.2, 0.25) is 0 Å². The molecular weight excluding hydrogens is 144 g/mol. The number of benzene rings is 1. The predicted molar refractivity (Wildman–Crippen MR) is 55.1 cm³/mol. The summed E-state index contributed by atoms with van der Waals surface area (Å²) in [7, 11) is 0. The van der Waals surface area contributed by atoms with E-state index in [0.29, 0.717) is 0 Å². The molecule has 0 aliphatic carbocycles. The molecule has 0 radical (unpaired) electrons. The molecule has 1 aromatic carbocycles. The summed E-state index contributed by atoms with van der Waals surface area (Å²) < 4.78 is 0. The van der Waals surface area contributed by atoms with Gasteiger partial charge >= 0.3 is 0 Å². The average Bonchev–Trinajstić information content (AvgIpc) is 2.09. The third-order valence-corrected chi connectivity index (χ3v) is 1.77. The van der Waals surface area contributed by atoms with Crippen LogP contribution in [0.3, 0.4) is 0 Å². The van der Waals surface area contributed by atoms with Gasteiger partial charge in [0.2, 0.25) is 0 Å². The molecule has 0 N–H and O–H groups in total. The number of allylic oxidation sites excluding steroid dienone is 2. The molecule has 0 fully saturated rings. The SMILES string of the molecule is C=CCc1ccccc1/C=C/C. The van der Waals surface area contributed by atoms with Gasteiger partial charge in [0.25, 0.3) is 0 Å². The zero-order valence-electron chi connectivity index (χ0n) is 7.46. The quantitative estimate of drug-likeness (QED) is 0.591. The molecular formula is C12H14. The fourth-order valence-electron chi connectivity index (χ4n) is 1.22. The smallest absolute Gasteiger partial charge is 0.00942 e. The standard InChI is InChI=1S/C12H14/c1-3-7-11-9-5-6-10-12(11)8-4-2/h3-6,8-10H,1,7H2,2H3/b8-4+. The second-order valence-electron chi connectivity index (χ2n) is 2.69. The molecule has 0 aliphatic heterocycles. The van der Waals surface area contributed by atoms with Crippen molar-refractivity contribution in [2.75, 3.05) is 0 Å². The molecule has 1 aromatic rings. The molecule has 0 amide bonds. The molecule has 0 aromatic heterocycles. The Hall–Kier alpha value is -1.30. The Morgan fingerprint density at radius 2 is 2.08 bits per heavy atom. The van der Waals surface area contributed by atoms with E-state index >= 15 is 0 Å². The lowest BCUT2D eigenvalue weighted by Crippen LogP contribution is -1.84. The van der Waals surface area contributed by atoms with Crippen molar-refractivity contribution < 1.29 is 0 Å². The second kappa shape index (κ2) is 4.55. The Morgan fingerprint density at radius 3 is 2.75 bits per heavy atom. The molecule has 0 aliphatic rings. The van der Waals surface area contributed by atoms with Crippen LogP contribution >= 0.6 is 0 Å². The fraction of sp³-hybridized carbons (Fsp3) is 0.167. The van der Waals surface area contributed by atoms with E-state index in [9.17, 15) is 0 Å². The van der Waals surface area contributed by atoms with Crippen LogP contribution < -0.4 is 0 Å². The zero-order valence-corrected chi connectivity index (χ0v) is 7.46. The Balaban J connectivity index is 2.99. The summed E-state index contributed by atoms with van der Waals surface area (Å²) in [6.07, 6.45) is 7.06. The van der Waals surface area contributed by atoms with Crippen LogP contribution in [0.4, 0.5) is 0 Å². The van der Waals surface area contributed by atoms with Gasteiger partial charge in [-0.1, -0.05) is 42.5 Å². The second-order valence-corrected chi connectivity index (χ2v) is 2.69. The van der Waals surface area contributed by atoms with Crippen molar-refractivity contribution in [1.82, 2.24) is 0 Å². The van der Waals surface area contributed by atoms with Crippen LogP contribution in [0.1, 0.15) is 18.1 Å². The molecule has 0 heteroatoms. The summed E-state index contributed by atoms with van der Waals surface area (Å²) in [5.41, 5.74) is 2.63. The van der Waals surface area contributed by atoms with E-state index in [1.165, 1.54) is 11.1 Å². The summed E-state index contributed by atoms with van der Waals surface area (Å²) in [4.78, 5) is 0. The van der Waals surface area contributed by atoms with Crippen LogP contribution in [0.25, 0.3) is 6.08 Å². The molecule has 1 rings (SSSR count). The van der Waals surface area contributed by atoms with Crippen molar-refractivity contribution in [1.29, 1.82) is 0 Å². The van der Waals surface area contributed by atoms with E-state index in [2.05, 4.69) is 43.0 Å². The van der Waals surface area contributed by atoms with Gasteiger partial charge in [-0.3, -0.25) is 0 Å². The van der Waals surface area contributed by atoms with Crippen LogP contribution in [0, 0.1) is 0 Å². The minimum absolute atomic E-state index is 0.945. The van der Waals surface area contributed by atoms with Gasteiger partial charge in [0.1, 0.15) is 0 Å². The molecule has 62 valence electrons. The van der Waals surface area contributed by atoms with Gasteiger partial charge in [-0.2, -0.15) is 0 Å². The number of rotatable bonds is 3. The van der Waals surface area contributed by atoms with Gasteiger partial charge in [0.15, 0.2) is 0 Å². The summed E-state index contributed by atoms with van der Waals surface area (Å²) in [6.45, 7) is 5.77. The minimum Gasteiger partial charge on any atom is -0.103 e. The van der Waals surface area contributed by atoms with Crippen LogP contribution in [-0.4, -0.2) is 0 Å². The number of hydrogen-bond donors (Lipinski definition) is 0. The molecule has 0 saturated heterocycles. The Kier molecular flexibility index (Phi) is 3.34. The van der Waals surface area contributed by atoms with Gasteiger partial charge < -0.3 is 0 Å². The lowest BCUT2D eigenvalue weighted by atomic mass is 10.0. The summed E-state index contributed by atoms with van der Waals surface area (Å²) in [6, 6.07) is 8.38. The highest BCUT2D eigenvalue weighted by molar-refractivity contribution is 5.53. The molecule has 0 atom stereocenters. The summed E-state index contributed by atoms with van der Waals surface area (Å²) in [5, 5.41) is 0. The highest BCUT2D eigenvalue weighted by Crippen LogP contribution is 2.11. The van der Waals surface area contributed by atoms with Crippen LogP contribution in [0.15, 0.2) is 43.0 Å². The van der Waals surface area contributed by atoms with E-state index in [1.807, 2.05) is 13.0 Å². The van der Waals surface area contributed by atoms with Crippen molar-refractivity contribution in [3.05, 3.63) is 54.1 Å². The zero-order chi connectivity index (χ0) is 8.81. The Labute approximate surface area is 74.2 Å². The van der Waals surface area contributed by atoms with Gasteiger partial charge in [0, 0.05) is 0 Å². The van der Waals surface area contributed by atoms with Crippen molar-refractivity contribution in [2.24, 2.45) is 0 Å². The Bertz CT molecular complexity index is 282. The average molecular weight is 158 g/mol. The fourth-order valence-corrected chi connectivity index (χ4v) is 1.22. The van der Waals surface area contributed by atoms with Crippen molar-refractivity contribution in [3.8, 4) is 0 Å². The monoisotopic (exact) mass is 158 g/mol. The normalized spacial score (nSPS) is 10.4. The van der Waals surface area contributed by atoms with Crippen molar-refractivity contribution in [3.63, 3.8) is 0 Å². The van der Waals surface area contributed by atoms with Crippen LogP contribution in [0.5, 0.6) is 0 Å². The topological polar surface area (TPSA) is 0 Å². The largest absolute Gasteiger partial charge is 0.103 e. The maximum Gasteiger partial charge on any atom is -0.00942 e. The highest BCUT2D eigenvalue weighted by Gasteiger charge is 1.93. The Morgan fingerprint density at radius 1 is 1.33 bits per heavy atom. The first-order chi connectivity index (χ1) is 5.88. The highest BCUT2D eigenvalue weighted by atomic mass is 14.0. The first kappa shape index (κ1) is 8.79. The summed E-state index contributed by atoms with van der Waals surface area (Å²) in [5.74, 6) is 0. The molecule has 0 bridgehead atoms. The van der Waals surface area contributed by atoms with Crippen LogP contribution in [-0.2, 0) is 6.42 Å². The third-order valence-electron chi connectivity index (χ3n) is 1.77. The molecule has 0 nitrogen and oxygen atoms in total. The van der Waals surface area contributed by atoms with Gasteiger partial charge in [-0.25, -0.2) is 0 Å². The molecule has 12 heavy (non-hydrogen) atoms. The predicted octanol–water partition coefficient (Wildman–Crippen LogP) is 3.45. The first-order valence-corrected chi connectivity index (χ1v) is 4.20. The number of hydrogen-bond acceptors (Lipinski definition) is 0. The van der Waals surface area contributed by atoms with Gasteiger partial charge in [-0.15, -0.1) is 6.58 Å². The molecule has 0 unspecified atom stereocenters. The lowest BCUT2D eigenvalue weighted by molar-refractivity contribution is 1.26. The van der Waals surface area contributed by atoms with Crippen molar-refractivity contribution in [2.45, 2.75) is 13.3 Å². The first-order valence-electron chi connectivity index (χ1n) is 4.20. The molecule has 0 saturated carbocycles. The molecule has 0 spiro atoms. The van der Waals surface area contributed by atoms with Crippen molar-refractivity contribution >= 4 is 6.08 Å². The molecule has 0 heterocycles. The maximum atomic E-state index is 3.73. The van der Waals surface area contributed by atoms with E-state index < -0.39 is 0 Å². The van der Waals surface area contributed by atoms with E-state index in [-0.39, 0.29) is 0 Å².